The van der Waals surface area contributed by atoms with E-state index >= 15 is 0 Å². The average molecular weight is 281 g/mol. The summed E-state index contributed by atoms with van der Waals surface area (Å²) in [6, 6.07) is 1.56. The zero-order valence-corrected chi connectivity index (χ0v) is 13.0. The standard InChI is InChI=1S/C16H31N3O/c1-14-11-19-7-3-2-4-16(19)12-18(14)8-6-17-10-15-5-9-20-13-15/h14-17H,2-13H2,1H3. The van der Waals surface area contributed by atoms with Gasteiger partial charge in [-0.3, -0.25) is 9.80 Å². The minimum Gasteiger partial charge on any atom is -0.381 e. The Balaban J connectivity index is 1.36. The van der Waals surface area contributed by atoms with Crippen molar-refractivity contribution in [2.45, 2.75) is 44.7 Å². The lowest BCUT2D eigenvalue weighted by molar-refractivity contribution is 0.0159. The SMILES string of the molecule is CC1CN2CCCCC2CN1CCNCC1CCOC1. The molecular formula is C16H31N3O. The largest absolute Gasteiger partial charge is 0.381 e. The highest BCUT2D eigenvalue weighted by atomic mass is 16.5. The first-order chi connectivity index (χ1) is 9.83. The van der Waals surface area contributed by atoms with Crippen LogP contribution >= 0.6 is 0 Å². The van der Waals surface area contributed by atoms with E-state index in [0.29, 0.717) is 0 Å². The third kappa shape index (κ3) is 3.73. The van der Waals surface area contributed by atoms with Gasteiger partial charge in [-0.25, -0.2) is 0 Å². The van der Waals surface area contributed by atoms with E-state index in [1.54, 1.807) is 0 Å². The molecule has 3 atom stereocenters. The van der Waals surface area contributed by atoms with E-state index in [1.807, 2.05) is 0 Å². The van der Waals surface area contributed by atoms with Crippen LogP contribution in [0.5, 0.6) is 0 Å². The number of hydrogen-bond acceptors (Lipinski definition) is 4. The van der Waals surface area contributed by atoms with Gasteiger partial charge in [0.15, 0.2) is 0 Å². The molecule has 3 aliphatic heterocycles. The van der Waals surface area contributed by atoms with Crippen LogP contribution in [0.25, 0.3) is 0 Å². The fourth-order valence-electron chi connectivity index (χ4n) is 4.00. The summed E-state index contributed by atoms with van der Waals surface area (Å²) in [4.78, 5) is 5.43. The summed E-state index contributed by atoms with van der Waals surface area (Å²) < 4.78 is 5.42. The summed E-state index contributed by atoms with van der Waals surface area (Å²) >= 11 is 0. The number of nitrogens with zero attached hydrogens (tertiary/aromatic N) is 2. The first-order valence-electron chi connectivity index (χ1n) is 8.59. The second kappa shape index (κ2) is 7.21. The molecule has 0 radical (unpaired) electrons. The van der Waals surface area contributed by atoms with Crippen molar-refractivity contribution in [1.82, 2.24) is 15.1 Å². The minimum absolute atomic E-state index is 0.723. The van der Waals surface area contributed by atoms with E-state index < -0.39 is 0 Å². The van der Waals surface area contributed by atoms with Crippen molar-refractivity contribution in [3.63, 3.8) is 0 Å². The molecule has 20 heavy (non-hydrogen) atoms. The molecule has 3 saturated heterocycles. The van der Waals surface area contributed by atoms with Crippen molar-refractivity contribution < 1.29 is 4.74 Å². The van der Waals surface area contributed by atoms with Crippen molar-refractivity contribution in [2.75, 3.05) is 52.5 Å². The Kier molecular flexibility index (Phi) is 5.32. The van der Waals surface area contributed by atoms with Crippen LogP contribution in [0.2, 0.25) is 0 Å². The number of rotatable bonds is 5. The molecule has 3 rings (SSSR count). The summed E-state index contributed by atoms with van der Waals surface area (Å²) in [5.41, 5.74) is 0. The van der Waals surface area contributed by atoms with Crippen molar-refractivity contribution in [1.29, 1.82) is 0 Å². The first kappa shape index (κ1) is 14.8. The van der Waals surface area contributed by atoms with Gasteiger partial charge in [-0.05, 0) is 38.6 Å². The van der Waals surface area contributed by atoms with E-state index in [1.165, 1.54) is 51.9 Å². The normalized spacial score (nSPS) is 36.1. The molecule has 116 valence electrons. The Morgan fingerprint density at radius 1 is 1.20 bits per heavy atom. The lowest BCUT2D eigenvalue weighted by atomic mass is 9.97. The van der Waals surface area contributed by atoms with Gasteiger partial charge in [-0.15, -0.1) is 0 Å². The van der Waals surface area contributed by atoms with Gasteiger partial charge in [0, 0.05) is 51.4 Å². The molecule has 4 nitrogen and oxygen atoms in total. The Hall–Kier alpha value is -0.160. The predicted octanol–water partition coefficient (Wildman–Crippen LogP) is 1.17. The van der Waals surface area contributed by atoms with Gasteiger partial charge in [0.25, 0.3) is 0 Å². The summed E-state index contributed by atoms with van der Waals surface area (Å²) in [5.74, 6) is 0.752. The topological polar surface area (TPSA) is 27.7 Å². The van der Waals surface area contributed by atoms with Crippen LogP contribution in [0.15, 0.2) is 0 Å². The van der Waals surface area contributed by atoms with Crippen molar-refractivity contribution in [2.24, 2.45) is 5.92 Å². The van der Waals surface area contributed by atoms with Crippen LogP contribution in [0.1, 0.15) is 32.6 Å². The van der Waals surface area contributed by atoms with Crippen LogP contribution in [0, 0.1) is 5.92 Å². The van der Waals surface area contributed by atoms with E-state index in [9.17, 15) is 0 Å². The molecule has 0 bridgehead atoms. The molecule has 0 saturated carbocycles. The third-order valence-corrected chi connectivity index (χ3v) is 5.35. The molecule has 3 heterocycles. The second-order valence-corrected chi connectivity index (χ2v) is 6.92. The molecule has 3 unspecified atom stereocenters. The number of nitrogens with one attached hydrogen (secondary N) is 1. The molecule has 0 amide bonds. The van der Waals surface area contributed by atoms with Crippen LogP contribution < -0.4 is 5.32 Å². The number of ether oxygens (including phenoxy) is 1. The Labute approximate surface area is 123 Å². The Bertz CT molecular complexity index is 293. The molecule has 3 fully saturated rings. The summed E-state index contributed by atoms with van der Waals surface area (Å²) in [6.45, 7) is 11.7. The van der Waals surface area contributed by atoms with Crippen molar-refractivity contribution in [3.05, 3.63) is 0 Å². The number of fused-ring (bicyclic) bond motifs is 1. The highest BCUT2D eigenvalue weighted by Gasteiger charge is 2.32. The zero-order chi connectivity index (χ0) is 13.8. The zero-order valence-electron chi connectivity index (χ0n) is 13.0. The fraction of sp³-hybridized carbons (Fsp3) is 1.00. The van der Waals surface area contributed by atoms with E-state index in [2.05, 4.69) is 22.0 Å². The minimum atomic E-state index is 0.723. The molecule has 0 aromatic carbocycles. The summed E-state index contributed by atoms with van der Waals surface area (Å²) in [6.07, 6.45) is 5.50. The van der Waals surface area contributed by atoms with Gasteiger partial charge >= 0.3 is 0 Å². The number of hydrogen-bond donors (Lipinski definition) is 1. The molecule has 1 N–H and O–H groups in total. The lowest BCUT2D eigenvalue weighted by Gasteiger charge is -2.47. The lowest BCUT2D eigenvalue weighted by Crippen LogP contribution is -2.59. The average Bonchev–Trinajstić information content (AvgIpc) is 2.97. The molecule has 0 aromatic rings. The van der Waals surface area contributed by atoms with Gasteiger partial charge in [-0.1, -0.05) is 6.42 Å². The van der Waals surface area contributed by atoms with Gasteiger partial charge in [0.1, 0.15) is 0 Å². The summed E-state index contributed by atoms with van der Waals surface area (Å²) in [5, 5.41) is 3.63. The van der Waals surface area contributed by atoms with Crippen LogP contribution in [0.4, 0.5) is 0 Å². The van der Waals surface area contributed by atoms with Gasteiger partial charge in [0.2, 0.25) is 0 Å². The first-order valence-corrected chi connectivity index (χ1v) is 8.59. The molecule has 3 aliphatic rings. The molecule has 0 aromatic heterocycles. The van der Waals surface area contributed by atoms with Gasteiger partial charge in [0.05, 0.1) is 6.61 Å². The predicted molar refractivity (Wildman–Crippen MR) is 82.0 cm³/mol. The Morgan fingerprint density at radius 2 is 2.15 bits per heavy atom. The van der Waals surface area contributed by atoms with Crippen molar-refractivity contribution in [3.8, 4) is 0 Å². The quantitative estimate of drug-likeness (QED) is 0.766. The number of piperidine rings is 1. The van der Waals surface area contributed by atoms with Gasteiger partial charge in [-0.2, -0.15) is 0 Å². The second-order valence-electron chi connectivity index (χ2n) is 6.92. The maximum Gasteiger partial charge on any atom is 0.0507 e. The summed E-state index contributed by atoms with van der Waals surface area (Å²) in [7, 11) is 0. The molecule has 4 heteroatoms. The maximum atomic E-state index is 5.42. The highest BCUT2D eigenvalue weighted by molar-refractivity contribution is 4.89. The molecule has 0 aliphatic carbocycles. The molecular weight excluding hydrogens is 250 g/mol. The third-order valence-electron chi connectivity index (χ3n) is 5.35. The Morgan fingerprint density at radius 3 is 3.00 bits per heavy atom. The van der Waals surface area contributed by atoms with Crippen LogP contribution in [0.3, 0.4) is 0 Å². The highest BCUT2D eigenvalue weighted by Crippen LogP contribution is 2.23. The van der Waals surface area contributed by atoms with E-state index in [-0.39, 0.29) is 0 Å². The van der Waals surface area contributed by atoms with Crippen LogP contribution in [-0.4, -0.2) is 74.4 Å². The van der Waals surface area contributed by atoms with Crippen molar-refractivity contribution >= 4 is 0 Å². The fourth-order valence-corrected chi connectivity index (χ4v) is 4.00. The monoisotopic (exact) mass is 281 g/mol. The maximum absolute atomic E-state index is 5.42. The van der Waals surface area contributed by atoms with E-state index in [4.69, 9.17) is 4.74 Å². The number of piperazine rings is 1. The smallest absolute Gasteiger partial charge is 0.0507 e. The van der Waals surface area contributed by atoms with Crippen LogP contribution in [-0.2, 0) is 4.74 Å². The van der Waals surface area contributed by atoms with E-state index in [0.717, 1.165) is 44.3 Å². The molecule has 0 spiro atoms. The van der Waals surface area contributed by atoms with Gasteiger partial charge < -0.3 is 10.1 Å².